The Kier molecular flexibility index (Phi) is 13.3. The summed E-state index contributed by atoms with van der Waals surface area (Å²) in [6.45, 7) is 0. The van der Waals surface area contributed by atoms with Crippen molar-refractivity contribution in [3.05, 3.63) is 0 Å². The summed E-state index contributed by atoms with van der Waals surface area (Å²) in [5, 5.41) is 0. The van der Waals surface area contributed by atoms with Gasteiger partial charge in [0.05, 0.1) is 21.1 Å². The fraction of sp³-hybridized carbons (Fsp3) is 1.00. The van der Waals surface area contributed by atoms with Gasteiger partial charge < -0.3 is 4.48 Å². The first-order valence-corrected chi connectivity index (χ1v) is 2.46. The quantitative estimate of drug-likeness (QED) is 0.288. The molecule has 0 aliphatic heterocycles. The van der Waals surface area contributed by atoms with Crippen LogP contribution < -0.4 is 0 Å². The molecule has 0 aliphatic rings. The maximum Gasteiger partial charge on any atom is 0.154 e. The van der Waals surface area contributed by atoms with Gasteiger partial charge in [-0.2, -0.15) is 0 Å². The summed E-state index contributed by atoms with van der Waals surface area (Å²) < 4.78 is 0.835. The van der Waals surface area contributed by atoms with Gasteiger partial charge in [0.15, 0.2) is 6.00 Å². The Morgan fingerprint density at radius 3 is 1.38 bits per heavy atom. The molecule has 0 unspecified atom stereocenters. The number of alkyl halides is 1. The molecule has 0 aromatic rings. The Labute approximate surface area is 82.5 Å². The van der Waals surface area contributed by atoms with E-state index < -0.39 is 0 Å². The third-order valence-electron chi connectivity index (χ3n) is 0.359. The third kappa shape index (κ3) is 15.7. The van der Waals surface area contributed by atoms with E-state index in [1.165, 1.54) is 0 Å². The van der Waals surface area contributed by atoms with Crippen LogP contribution in [0.5, 0.6) is 0 Å². The summed E-state index contributed by atoms with van der Waals surface area (Å²) >= 11 is 5.45. The molecule has 0 rings (SSSR count). The standard InChI is InChI=1S/C4H11ClN.Cd.ClH/c1-6(2,3)4-5;;/h4H2,1-3H3;;1H/q+1;;. The Bertz CT molecular complexity index is 43.8. The van der Waals surface area contributed by atoms with Gasteiger partial charge in [-0.05, 0) is 0 Å². The molecule has 0 fully saturated rings. The molecule has 8 heavy (non-hydrogen) atoms. The number of hydrogen-bond acceptors (Lipinski definition) is 0. The molecule has 4 heteroatoms. The molecule has 0 saturated carbocycles. The monoisotopic (exact) mass is 258 g/mol. The van der Waals surface area contributed by atoms with E-state index in [2.05, 4.69) is 0 Å². The van der Waals surface area contributed by atoms with Gasteiger partial charge in [-0.25, -0.2) is 0 Å². The minimum atomic E-state index is 0. The van der Waals surface area contributed by atoms with E-state index in [1.807, 2.05) is 21.1 Å². The summed E-state index contributed by atoms with van der Waals surface area (Å²) in [5.41, 5.74) is 0. The summed E-state index contributed by atoms with van der Waals surface area (Å²) in [4.78, 5) is 0. The number of quaternary nitrogens is 1. The van der Waals surface area contributed by atoms with Crippen LogP contribution in [0, 0.1) is 0 Å². The molecule has 0 atom stereocenters. The van der Waals surface area contributed by atoms with Crippen molar-refractivity contribution in [3.63, 3.8) is 0 Å². The van der Waals surface area contributed by atoms with Crippen LogP contribution in [0.15, 0.2) is 0 Å². The van der Waals surface area contributed by atoms with E-state index in [-0.39, 0.29) is 39.7 Å². The Balaban J connectivity index is -0.000000125. The molecule has 0 heterocycles. The first-order valence-electron chi connectivity index (χ1n) is 1.93. The molecular weight excluding hydrogens is 245 g/mol. The van der Waals surface area contributed by atoms with Crippen molar-refractivity contribution >= 4 is 24.0 Å². The average molecular weight is 257 g/mol. The van der Waals surface area contributed by atoms with Crippen molar-refractivity contribution in [1.29, 1.82) is 0 Å². The molecular formula is C4H12CdCl2N+. The van der Waals surface area contributed by atoms with E-state index in [9.17, 15) is 0 Å². The molecule has 0 aromatic heterocycles. The zero-order valence-electron chi connectivity index (χ0n) is 5.65. The average Bonchev–Trinajstić information content (AvgIpc) is 1.35. The van der Waals surface area contributed by atoms with Gasteiger partial charge in [-0.1, -0.05) is 11.6 Å². The number of halogens is 2. The molecule has 0 spiro atoms. The minimum Gasteiger partial charge on any atom is -0.318 e. The van der Waals surface area contributed by atoms with Crippen molar-refractivity contribution < 1.29 is 31.8 Å². The molecule has 1 nitrogen and oxygen atoms in total. The van der Waals surface area contributed by atoms with Crippen LogP contribution in [0.1, 0.15) is 0 Å². The van der Waals surface area contributed by atoms with Crippen molar-refractivity contribution in [1.82, 2.24) is 0 Å². The van der Waals surface area contributed by atoms with Crippen molar-refractivity contribution in [3.8, 4) is 0 Å². The molecule has 0 aromatic carbocycles. The van der Waals surface area contributed by atoms with E-state index in [4.69, 9.17) is 11.6 Å². The molecule has 48 valence electrons. The minimum absolute atomic E-state index is 0. The Morgan fingerprint density at radius 1 is 1.25 bits per heavy atom. The van der Waals surface area contributed by atoms with Crippen LogP contribution in [0.2, 0.25) is 0 Å². The van der Waals surface area contributed by atoms with Crippen LogP contribution in [0.3, 0.4) is 0 Å². The van der Waals surface area contributed by atoms with Crippen molar-refractivity contribution in [2.45, 2.75) is 0 Å². The van der Waals surface area contributed by atoms with Gasteiger partial charge >= 0.3 is 0 Å². The second-order valence-electron chi connectivity index (χ2n) is 2.41. The molecule has 0 saturated heterocycles. The van der Waals surface area contributed by atoms with Crippen molar-refractivity contribution in [2.24, 2.45) is 0 Å². The Morgan fingerprint density at radius 2 is 1.38 bits per heavy atom. The van der Waals surface area contributed by atoms with Crippen LogP contribution in [-0.4, -0.2) is 31.6 Å². The summed E-state index contributed by atoms with van der Waals surface area (Å²) in [6, 6.07) is 0.681. The SMILES string of the molecule is C[N+](C)(C)CCl.Cl.[Cd]. The fourth-order valence-electron chi connectivity index (χ4n) is 0. The first kappa shape index (κ1) is 16.2. The molecule has 0 aliphatic carbocycles. The number of nitrogens with zero attached hydrogens (tertiary/aromatic N) is 1. The molecule has 0 radical (unpaired) electrons. The topological polar surface area (TPSA) is 0 Å². The van der Waals surface area contributed by atoms with E-state index in [0.717, 1.165) is 4.48 Å². The van der Waals surface area contributed by atoms with Gasteiger partial charge in [0.2, 0.25) is 0 Å². The van der Waals surface area contributed by atoms with Crippen LogP contribution in [0.4, 0.5) is 0 Å². The summed E-state index contributed by atoms with van der Waals surface area (Å²) in [5.74, 6) is 0. The van der Waals surface area contributed by atoms with Crippen molar-refractivity contribution in [2.75, 3.05) is 27.1 Å². The zero-order valence-corrected chi connectivity index (χ0v) is 11.3. The molecule has 0 N–H and O–H groups in total. The normalized spacial score (nSPS) is 9.00. The molecule has 0 amide bonds. The number of hydrogen-bond donors (Lipinski definition) is 0. The maximum absolute atomic E-state index is 5.45. The van der Waals surface area contributed by atoms with Gasteiger partial charge in [0, 0.05) is 27.3 Å². The van der Waals surface area contributed by atoms with Crippen LogP contribution in [0.25, 0.3) is 0 Å². The largest absolute Gasteiger partial charge is 0.318 e. The smallest absolute Gasteiger partial charge is 0.154 e. The number of rotatable bonds is 1. The second kappa shape index (κ2) is 6.58. The van der Waals surface area contributed by atoms with Gasteiger partial charge in [-0.15, -0.1) is 12.4 Å². The third-order valence-corrected chi connectivity index (χ3v) is 1.08. The van der Waals surface area contributed by atoms with E-state index in [0.29, 0.717) is 6.00 Å². The summed E-state index contributed by atoms with van der Waals surface area (Å²) in [6.07, 6.45) is 0. The van der Waals surface area contributed by atoms with Gasteiger partial charge in [0.1, 0.15) is 0 Å². The first-order chi connectivity index (χ1) is 2.56. The Hall–Kier alpha value is 1.46. The predicted molar refractivity (Wildman–Crippen MR) is 36.0 cm³/mol. The van der Waals surface area contributed by atoms with Gasteiger partial charge in [-0.3, -0.25) is 0 Å². The van der Waals surface area contributed by atoms with E-state index >= 15 is 0 Å². The van der Waals surface area contributed by atoms with E-state index in [1.54, 1.807) is 0 Å². The predicted octanol–water partition coefficient (Wildman–Crippen LogP) is 1.31. The van der Waals surface area contributed by atoms with Crippen LogP contribution in [-0.2, 0) is 27.3 Å². The summed E-state index contributed by atoms with van der Waals surface area (Å²) in [7, 11) is 6.15. The molecule has 0 bridgehead atoms. The zero-order chi connectivity index (χ0) is 5.21. The van der Waals surface area contributed by atoms with Gasteiger partial charge in [0.25, 0.3) is 0 Å². The maximum atomic E-state index is 5.45. The van der Waals surface area contributed by atoms with Crippen LogP contribution >= 0.6 is 24.0 Å². The fourth-order valence-corrected chi connectivity index (χ4v) is 0. The second-order valence-corrected chi connectivity index (χ2v) is 2.65.